The maximum absolute atomic E-state index is 12.0. The Kier molecular flexibility index (Phi) is 5.72. The lowest BCUT2D eigenvalue weighted by molar-refractivity contribution is -0.111. The summed E-state index contributed by atoms with van der Waals surface area (Å²) >= 11 is 17.7. The van der Waals surface area contributed by atoms with E-state index in [0.29, 0.717) is 26.5 Å². The molecule has 0 aromatic heterocycles. The largest absolute Gasteiger partial charge is 0.495 e. The second-order valence-electron chi connectivity index (χ2n) is 4.34. The standard InChI is InChI=1S/C16H12Cl3NO2/c1-22-15-6-4-11(17)9-14(15)20-16(21)7-3-10-2-5-12(18)13(19)8-10/h2-9H,1H3,(H,20,21). The van der Waals surface area contributed by atoms with Gasteiger partial charge in [0, 0.05) is 11.1 Å². The zero-order valence-electron chi connectivity index (χ0n) is 11.6. The Labute approximate surface area is 143 Å². The number of methoxy groups -OCH3 is 1. The average molecular weight is 357 g/mol. The van der Waals surface area contributed by atoms with E-state index in [4.69, 9.17) is 39.5 Å². The summed E-state index contributed by atoms with van der Waals surface area (Å²) < 4.78 is 5.16. The molecule has 6 heteroatoms. The van der Waals surface area contributed by atoms with E-state index in [1.807, 2.05) is 0 Å². The first kappa shape index (κ1) is 16.7. The summed E-state index contributed by atoms with van der Waals surface area (Å²) in [6, 6.07) is 10.1. The van der Waals surface area contributed by atoms with Crippen LogP contribution >= 0.6 is 34.8 Å². The Morgan fingerprint density at radius 1 is 1.09 bits per heavy atom. The number of hydrogen-bond acceptors (Lipinski definition) is 2. The third-order valence-corrected chi connectivity index (χ3v) is 3.76. The van der Waals surface area contributed by atoms with E-state index >= 15 is 0 Å². The summed E-state index contributed by atoms with van der Waals surface area (Å²) in [6.07, 6.45) is 3.02. The van der Waals surface area contributed by atoms with Gasteiger partial charge < -0.3 is 10.1 Å². The topological polar surface area (TPSA) is 38.3 Å². The molecule has 2 aromatic carbocycles. The number of carbonyl (C=O) groups excluding carboxylic acids is 1. The summed E-state index contributed by atoms with van der Waals surface area (Å²) in [7, 11) is 1.52. The molecule has 0 saturated carbocycles. The number of ether oxygens (including phenoxy) is 1. The molecule has 0 radical (unpaired) electrons. The van der Waals surface area contributed by atoms with Crippen LogP contribution in [-0.4, -0.2) is 13.0 Å². The van der Waals surface area contributed by atoms with Crippen LogP contribution in [0.1, 0.15) is 5.56 Å². The van der Waals surface area contributed by atoms with Crippen LogP contribution in [0, 0.1) is 0 Å². The van der Waals surface area contributed by atoms with Crippen molar-refractivity contribution in [3.63, 3.8) is 0 Å². The highest BCUT2D eigenvalue weighted by Crippen LogP contribution is 2.27. The van der Waals surface area contributed by atoms with Crippen LogP contribution in [0.4, 0.5) is 5.69 Å². The Balaban J connectivity index is 2.11. The molecule has 0 spiro atoms. The third-order valence-electron chi connectivity index (χ3n) is 2.79. The minimum absolute atomic E-state index is 0.313. The number of amides is 1. The highest BCUT2D eigenvalue weighted by atomic mass is 35.5. The van der Waals surface area contributed by atoms with Crippen molar-refractivity contribution in [1.82, 2.24) is 0 Å². The zero-order chi connectivity index (χ0) is 16.1. The molecule has 0 atom stereocenters. The monoisotopic (exact) mass is 355 g/mol. The first-order valence-electron chi connectivity index (χ1n) is 6.27. The van der Waals surface area contributed by atoms with Crippen molar-refractivity contribution < 1.29 is 9.53 Å². The maximum atomic E-state index is 12.0. The SMILES string of the molecule is COc1ccc(Cl)cc1NC(=O)C=Cc1ccc(Cl)c(Cl)c1. The fourth-order valence-corrected chi connectivity index (χ4v) is 2.22. The molecule has 0 aliphatic rings. The van der Waals surface area contributed by atoms with Crippen molar-refractivity contribution in [3.05, 3.63) is 63.1 Å². The minimum atomic E-state index is -0.313. The molecule has 22 heavy (non-hydrogen) atoms. The van der Waals surface area contributed by atoms with Crippen LogP contribution in [0.2, 0.25) is 15.1 Å². The van der Waals surface area contributed by atoms with Crippen LogP contribution in [0.25, 0.3) is 6.08 Å². The number of rotatable bonds is 4. The molecule has 0 unspecified atom stereocenters. The van der Waals surface area contributed by atoms with Gasteiger partial charge in [-0.25, -0.2) is 0 Å². The number of benzene rings is 2. The molecule has 0 aliphatic carbocycles. The van der Waals surface area contributed by atoms with Crippen molar-refractivity contribution in [3.8, 4) is 5.75 Å². The Bertz CT molecular complexity index is 729. The molecule has 1 amide bonds. The van der Waals surface area contributed by atoms with Crippen molar-refractivity contribution in [2.24, 2.45) is 0 Å². The van der Waals surface area contributed by atoms with E-state index in [1.54, 1.807) is 42.5 Å². The number of carbonyl (C=O) groups is 1. The molecule has 114 valence electrons. The van der Waals surface area contributed by atoms with E-state index in [2.05, 4.69) is 5.32 Å². The van der Waals surface area contributed by atoms with Crippen molar-refractivity contribution in [1.29, 1.82) is 0 Å². The number of halogens is 3. The molecule has 3 nitrogen and oxygen atoms in total. The Hall–Kier alpha value is -1.68. The molecule has 2 aromatic rings. The molecule has 1 N–H and O–H groups in total. The molecule has 0 aliphatic heterocycles. The maximum Gasteiger partial charge on any atom is 0.248 e. The van der Waals surface area contributed by atoms with Gasteiger partial charge in [-0.3, -0.25) is 4.79 Å². The average Bonchev–Trinajstić information content (AvgIpc) is 2.49. The molecule has 0 fully saturated rings. The molecule has 0 saturated heterocycles. The van der Waals surface area contributed by atoms with Crippen LogP contribution in [-0.2, 0) is 4.79 Å². The smallest absolute Gasteiger partial charge is 0.248 e. The van der Waals surface area contributed by atoms with Gasteiger partial charge in [0.05, 0.1) is 22.8 Å². The number of nitrogens with one attached hydrogen (secondary N) is 1. The van der Waals surface area contributed by atoms with Gasteiger partial charge in [0.2, 0.25) is 5.91 Å². The summed E-state index contributed by atoms with van der Waals surface area (Å²) in [5.41, 5.74) is 1.27. The van der Waals surface area contributed by atoms with E-state index in [9.17, 15) is 4.79 Å². The van der Waals surface area contributed by atoms with Crippen molar-refractivity contribution in [2.45, 2.75) is 0 Å². The van der Waals surface area contributed by atoms with E-state index in [-0.39, 0.29) is 5.91 Å². The van der Waals surface area contributed by atoms with Crippen LogP contribution in [0.3, 0.4) is 0 Å². The summed E-state index contributed by atoms with van der Waals surface area (Å²) in [5.74, 6) is 0.215. The second-order valence-corrected chi connectivity index (χ2v) is 5.59. The van der Waals surface area contributed by atoms with E-state index in [0.717, 1.165) is 5.56 Å². The predicted molar refractivity (Wildman–Crippen MR) is 92.1 cm³/mol. The molecular formula is C16H12Cl3NO2. The lowest BCUT2D eigenvalue weighted by Gasteiger charge is -2.08. The highest BCUT2D eigenvalue weighted by molar-refractivity contribution is 6.42. The van der Waals surface area contributed by atoms with E-state index < -0.39 is 0 Å². The van der Waals surface area contributed by atoms with Crippen molar-refractivity contribution in [2.75, 3.05) is 12.4 Å². The lowest BCUT2D eigenvalue weighted by atomic mass is 10.2. The summed E-state index contributed by atoms with van der Waals surface area (Å²) in [6.45, 7) is 0. The summed E-state index contributed by atoms with van der Waals surface area (Å²) in [5, 5.41) is 4.10. The fraction of sp³-hybridized carbons (Fsp3) is 0.0625. The van der Waals surface area contributed by atoms with E-state index in [1.165, 1.54) is 13.2 Å². The summed E-state index contributed by atoms with van der Waals surface area (Å²) in [4.78, 5) is 12.0. The first-order valence-corrected chi connectivity index (χ1v) is 7.40. The Morgan fingerprint density at radius 2 is 1.86 bits per heavy atom. The third kappa shape index (κ3) is 4.41. The van der Waals surface area contributed by atoms with Crippen LogP contribution in [0.15, 0.2) is 42.5 Å². The second kappa shape index (κ2) is 7.54. The van der Waals surface area contributed by atoms with Gasteiger partial charge in [-0.1, -0.05) is 40.9 Å². The van der Waals surface area contributed by atoms with Gasteiger partial charge in [0.25, 0.3) is 0 Å². The zero-order valence-corrected chi connectivity index (χ0v) is 13.8. The van der Waals surface area contributed by atoms with Crippen LogP contribution in [0.5, 0.6) is 5.75 Å². The normalized spacial score (nSPS) is 10.7. The fourth-order valence-electron chi connectivity index (χ4n) is 1.74. The van der Waals surface area contributed by atoms with Gasteiger partial charge in [-0.05, 0) is 42.0 Å². The number of anilines is 1. The quantitative estimate of drug-likeness (QED) is 0.754. The highest BCUT2D eigenvalue weighted by Gasteiger charge is 2.06. The Morgan fingerprint density at radius 3 is 2.55 bits per heavy atom. The molecular weight excluding hydrogens is 345 g/mol. The molecule has 0 bridgehead atoms. The lowest BCUT2D eigenvalue weighted by Crippen LogP contribution is -2.08. The van der Waals surface area contributed by atoms with Crippen molar-refractivity contribution >= 4 is 52.5 Å². The van der Waals surface area contributed by atoms with Gasteiger partial charge in [-0.15, -0.1) is 0 Å². The van der Waals surface area contributed by atoms with Crippen LogP contribution < -0.4 is 10.1 Å². The van der Waals surface area contributed by atoms with Gasteiger partial charge >= 0.3 is 0 Å². The minimum Gasteiger partial charge on any atom is -0.495 e. The first-order chi connectivity index (χ1) is 10.5. The predicted octanol–water partition coefficient (Wildman–Crippen LogP) is 5.31. The molecule has 0 heterocycles. The van der Waals surface area contributed by atoms with Gasteiger partial charge in [0.15, 0.2) is 0 Å². The van der Waals surface area contributed by atoms with Gasteiger partial charge in [-0.2, -0.15) is 0 Å². The van der Waals surface area contributed by atoms with Gasteiger partial charge in [0.1, 0.15) is 5.75 Å². The number of hydrogen-bond donors (Lipinski definition) is 1. The molecule has 2 rings (SSSR count).